The quantitative estimate of drug-likeness (QED) is 0.243. The normalized spacial score (nSPS) is 10.7. The number of unbranched alkanes of at least 4 members (excludes halogenated alkanes) is 7. The molecule has 0 aliphatic rings. The van der Waals surface area contributed by atoms with Crippen molar-refractivity contribution in [3.05, 3.63) is 35.9 Å². The van der Waals surface area contributed by atoms with Gasteiger partial charge in [-0.15, -0.1) is 0 Å². The molecule has 6 nitrogen and oxygen atoms in total. The van der Waals surface area contributed by atoms with Crippen LogP contribution in [0.15, 0.2) is 30.3 Å². The third-order valence-corrected chi connectivity index (χ3v) is 4.71. The monoisotopic (exact) mass is 416 g/mol. The van der Waals surface area contributed by atoms with E-state index in [4.69, 9.17) is 0 Å². The minimum Gasteiger partial charge on any atom is -0.469 e. The molecule has 0 aromatic heterocycles. The molecule has 0 saturated carbocycles. The fraction of sp³-hybridized carbons (Fsp3) is 0.542. The van der Waals surface area contributed by atoms with Crippen molar-refractivity contribution < 1.29 is 19.1 Å². The second-order valence-corrected chi connectivity index (χ2v) is 7.35. The van der Waals surface area contributed by atoms with Crippen LogP contribution in [0.4, 0.5) is 5.69 Å². The molecule has 30 heavy (non-hydrogen) atoms. The van der Waals surface area contributed by atoms with E-state index in [1.165, 1.54) is 51.7 Å². The molecule has 0 unspecified atom stereocenters. The summed E-state index contributed by atoms with van der Waals surface area (Å²) in [7, 11) is 1.29. The van der Waals surface area contributed by atoms with Crippen molar-refractivity contribution in [2.45, 2.75) is 71.1 Å². The fourth-order valence-electron chi connectivity index (χ4n) is 2.96. The number of rotatable bonds is 15. The maximum atomic E-state index is 12.0. The van der Waals surface area contributed by atoms with Gasteiger partial charge in [0.1, 0.15) is 0 Å². The summed E-state index contributed by atoms with van der Waals surface area (Å²) in [5.41, 5.74) is 1.43. The highest BCUT2D eigenvalue weighted by atomic mass is 16.5. The van der Waals surface area contributed by atoms with Crippen molar-refractivity contribution in [1.82, 2.24) is 5.32 Å². The molecule has 0 fully saturated rings. The molecule has 0 atom stereocenters. The van der Waals surface area contributed by atoms with Gasteiger partial charge in [-0.25, -0.2) is 0 Å². The van der Waals surface area contributed by atoms with Crippen LogP contribution < -0.4 is 10.6 Å². The number of esters is 1. The third-order valence-electron chi connectivity index (χ3n) is 4.71. The number of carbonyl (C=O) groups excluding carboxylic acids is 3. The van der Waals surface area contributed by atoms with Gasteiger partial charge in [-0.2, -0.15) is 0 Å². The van der Waals surface area contributed by atoms with Gasteiger partial charge in [0.05, 0.1) is 13.5 Å². The first-order valence-electron chi connectivity index (χ1n) is 11.0. The largest absolute Gasteiger partial charge is 0.469 e. The zero-order valence-corrected chi connectivity index (χ0v) is 18.4. The lowest BCUT2D eigenvalue weighted by Gasteiger charge is -2.06. The summed E-state index contributed by atoms with van der Waals surface area (Å²) < 4.78 is 4.52. The van der Waals surface area contributed by atoms with Gasteiger partial charge in [0, 0.05) is 24.7 Å². The molecule has 2 amide bonds. The van der Waals surface area contributed by atoms with Crippen molar-refractivity contribution in [3.63, 3.8) is 0 Å². The standard InChI is InChI=1S/C24H36N2O4/c1-3-4-5-6-7-8-9-10-18-25-22(27)15-14-20-12-11-13-21(19-20)26-23(28)16-17-24(29)30-2/h11-15,19H,3-10,16-18H2,1-2H3,(H,25,27)(H,26,28)/b15-14-. The third kappa shape index (κ3) is 12.8. The van der Waals surface area contributed by atoms with Crippen molar-refractivity contribution in [1.29, 1.82) is 0 Å². The van der Waals surface area contributed by atoms with Crippen LogP contribution in [0.3, 0.4) is 0 Å². The maximum Gasteiger partial charge on any atom is 0.306 e. The van der Waals surface area contributed by atoms with E-state index in [0.29, 0.717) is 12.2 Å². The van der Waals surface area contributed by atoms with Gasteiger partial charge >= 0.3 is 5.97 Å². The van der Waals surface area contributed by atoms with Gasteiger partial charge < -0.3 is 15.4 Å². The van der Waals surface area contributed by atoms with Crippen LogP contribution in [0.25, 0.3) is 6.08 Å². The Hall–Kier alpha value is -2.63. The summed E-state index contributed by atoms with van der Waals surface area (Å²) in [5.74, 6) is -0.796. The first kappa shape index (κ1) is 25.4. The Bertz CT molecular complexity index is 686. The molecular weight excluding hydrogens is 380 g/mol. The van der Waals surface area contributed by atoms with Crippen molar-refractivity contribution in [2.24, 2.45) is 0 Å². The maximum absolute atomic E-state index is 12.0. The average Bonchev–Trinajstić information content (AvgIpc) is 2.75. The number of methoxy groups -OCH3 is 1. The predicted octanol–water partition coefficient (Wildman–Crippen LogP) is 4.85. The van der Waals surface area contributed by atoms with Crippen LogP contribution in [0.2, 0.25) is 0 Å². The Morgan fingerprint density at radius 3 is 2.37 bits per heavy atom. The summed E-state index contributed by atoms with van der Waals surface area (Å²) in [6, 6.07) is 7.19. The van der Waals surface area contributed by atoms with Crippen LogP contribution in [0.5, 0.6) is 0 Å². The van der Waals surface area contributed by atoms with Crippen molar-refractivity contribution in [3.8, 4) is 0 Å². The Labute approximate surface area is 180 Å². The second kappa shape index (κ2) is 16.2. The molecule has 0 radical (unpaired) electrons. The molecule has 0 heterocycles. The number of carbonyl (C=O) groups is 3. The van der Waals surface area contributed by atoms with Crippen LogP contribution in [0, 0.1) is 0 Å². The summed E-state index contributed by atoms with van der Waals surface area (Å²) >= 11 is 0. The van der Waals surface area contributed by atoms with E-state index in [1.54, 1.807) is 24.3 Å². The number of nitrogens with one attached hydrogen (secondary N) is 2. The molecule has 0 bridgehead atoms. The molecule has 0 aliphatic heterocycles. The number of hydrogen-bond donors (Lipinski definition) is 2. The number of anilines is 1. The molecule has 166 valence electrons. The van der Waals surface area contributed by atoms with Crippen LogP contribution in [-0.4, -0.2) is 31.4 Å². The lowest BCUT2D eigenvalue weighted by molar-refractivity contribution is -0.141. The smallest absolute Gasteiger partial charge is 0.306 e. The highest BCUT2D eigenvalue weighted by molar-refractivity contribution is 5.94. The molecule has 1 aromatic rings. The van der Waals surface area contributed by atoms with E-state index in [1.807, 2.05) is 6.07 Å². The number of hydrogen-bond acceptors (Lipinski definition) is 4. The first-order valence-corrected chi connectivity index (χ1v) is 11.0. The van der Waals surface area contributed by atoms with Crippen LogP contribution >= 0.6 is 0 Å². The number of benzene rings is 1. The fourth-order valence-corrected chi connectivity index (χ4v) is 2.96. The minimum absolute atomic E-state index is 0.0426. The Kier molecular flexibility index (Phi) is 13.7. The molecule has 1 aromatic carbocycles. The van der Waals surface area contributed by atoms with Gasteiger partial charge in [-0.05, 0) is 30.2 Å². The highest BCUT2D eigenvalue weighted by Crippen LogP contribution is 2.13. The first-order chi connectivity index (χ1) is 14.5. The van der Waals surface area contributed by atoms with E-state index in [9.17, 15) is 14.4 Å². The van der Waals surface area contributed by atoms with Crippen molar-refractivity contribution in [2.75, 3.05) is 19.0 Å². The number of ether oxygens (including phenoxy) is 1. The second-order valence-electron chi connectivity index (χ2n) is 7.35. The minimum atomic E-state index is -0.417. The van der Waals surface area contributed by atoms with Gasteiger partial charge in [0.15, 0.2) is 0 Å². The van der Waals surface area contributed by atoms with Crippen LogP contribution in [-0.2, 0) is 19.1 Å². The summed E-state index contributed by atoms with van der Waals surface area (Å²) in [5, 5.41) is 5.64. The zero-order valence-electron chi connectivity index (χ0n) is 18.4. The van der Waals surface area contributed by atoms with Crippen LogP contribution in [0.1, 0.15) is 76.7 Å². The molecule has 0 saturated heterocycles. The number of amides is 2. The highest BCUT2D eigenvalue weighted by Gasteiger charge is 2.07. The predicted molar refractivity (Wildman–Crippen MR) is 121 cm³/mol. The van der Waals surface area contributed by atoms with Gasteiger partial charge in [0.2, 0.25) is 11.8 Å². The van der Waals surface area contributed by atoms with Gasteiger partial charge in [-0.1, -0.05) is 64.0 Å². The van der Waals surface area contributed by atoms with E-state index in [2.05, 4.69) is 22.3 Å². The molecule has 1 rings (SSSR count). The Morgan fingerprint density at radius 2 is 1.67 bits per heavy atom. The summed E-state index contributed by atoms with van der Waals surface area (Å²) in [4.78, 5) is 34.9. The van der Waals surface area contributed by atoms with Gasteiger partial charge in [-0.3, -0.25) is 14.4 Å². The molecule has 6 heteroatoms. The summed E-state index contributed by atoms with van der Waals surface area (Å²) in [6.07, 6.45) is 13.2. The SMILES string of the molecule is CCCCCCCCCCNC(=O)/C=C\c1cccc(NC(=O)CCC(=O)OC)c1. The van der Waals surface area contributed by atoms with Gasteiger partial charge in [0.25, 0.3) is 0 Å². The van der Waals surface area contributed by atoms with E-state index < -0.39 is 5.97 Å². The molecule has 0 aliphatic carbocycles. The molecule has 2 N–H and O–H groups in total. The molecule has 0 spiro atoms. The zero-order chi connectivity index (χ0) is 22.0. The molecular formula is C24H36N2O4. The Balaban J connectivity index is 2.27. The van der Waals surface area contributed by atoms with E-state index in [-0.39, 0.29) is 24.7 Å². The lowest BCUT2D eigenvalue weighted by atomic mass is 10.1. The van der Waals surface area contributed by atoms with E-state index in [0.717, 1.165) is 18.4 Å². The lowest BCUT2D eigenvalue weighted by Crippen LogP contribution is -2.21. The topological polar surface area (TPSA) is 84.5 Å². The average molecular weight is 417 g/mol. The Morgan fingerprint density at radius 1 is 0.967 bits per heavy atom. The van der Waals surface area contributed by atoms with Crippen molar-refractivity contribution >= 4 is 29.5 Å². The summed E-state index contributed by atoms with van der Waals surface area (Å²) in [6.45, 7) is 2.91. The van der Waals surface area contributed by atoms with E-state index >= 15 is 0 Å².